The Labute approximate surface area is 150 Å². The van der Waals surface area contributed by atoms with Crippen LogP contribution < -0.4 is 0 Å². The van der Waals surface area contributed by atoms with E-state index >= 15 is 0 Å². The van der Waals surface area contributed by atoms with Crippen LogP contribution in [0, 0.1) is 0 Å². The van der Waals surface area contributed by atoms with Gasteiger partial charge in [-0.1, -0.05) is 29.3 Å². The van der Waals surface area contributed by atoms with Crippen LogP contribution in [0.5, 0.6) is 0 Å². The van der Waals surface area contributed by atoms with Gasteiger partial charge in [0.25, 0.3) is 5.91 Å². The summed E-state index contributed by atoms with van der Waals surface area (Å²) in [6, 6.07) is 13.6. The summed E-state index contributed by atoms with van der Waals surface area (Å²) >= 11 is 12.2. The number of rotatable bonds is 4. The van der Waals surface area contributed by atoms with Gasteiger partial charge in [-0.3, -0.25) is 4.79 Å². The number of benzene rings is 2. The first kappa shape index (κ1) is 15.6. The van der Waals surface area contributed by atoms with Crippen LogP contribution in [0.3, 0.4) is 0 Å². The summed E-state index contributed by atoms with van der Waals surface area (Å²) in [5.41, 5.74) is 2.73. The molecule has 1 amide bonds. The molecule has 5 heteroatoms. The number of aromatic amines is 1. The van der Waals surface area contributed by atoms with Crippen molar-refractivity contribution in [2.45, 2.75) is 25.4 Å². The third kappa shape index (κ3) is 3.02. The van der Waals surface area contributed by atoms with Crippen molar-refractivity contribution in [2.75, 3.05) is 0 Å². The van der Waals surface area contributed by atoms with Crippen LogP contribution in [0.15, 0.2) is 48.7 Å². The lowest BCUT2D eigenvalue weighted by atomic mass is 10.1. The number of halogens is 2. The van der Waals surface area contributed by atoms with Crippen LogP contribution in [-0.2, 0) is 6.54 Å². The fourth-order valence-corrected chi connectivity index (χ4v) is 3.46. The van der Waals surface area contributed by atoms with Crippen molar-refractivity contribution in [1.29, 1.82) is 0 Å². The maximum Gasteiger partial charge on any atom is 0.255 e. The second-order valence-electron chi connectivity index (χ2n) is 6.19. The topological polar surface area (TPSA) is 36.1 Å². The number of amides is 1. The number of nitrogens with one attached hydrogen (secondary N) is 1. The van der Waals surface area contributed by atoms with E-state index in [2.05, 4.69) is 23.2 Å². The summed E-state index contributed by atoms with van der Waals surface area (Å²) in [5, 5.41) is 2.09. The quantitative estimate of drug-likeness (QED) is 0.676. The molecule has 1 aliphatic carbocycles. The van der Waals surface area contributed by atoms with Crippen molar-refractivity contribution >= 4 is 40.0 Å². The highest BCUT2D eigenvalue weighted by Crippen LogP contribution is 2.32. The van der Waals surface area contributed by atoms with Gasteiger partial charge in [-0.25, -0.2) is 0 Å². The molecule has 0 atom stereocenters. The highest BCUT2D eigenvalue weighted by Gasteiger charge is 2.33. The first-order valence-electron chi connectivity index (χ1n) is 7.94. The molecule has 0 radical (unpaired) electrons. The van der Waals surface area contributed by atoms with Gasteiger partial charge in [0.05, 0.1) is 10.6 Å². The zero-order valence-corrected chi connectivity index (χ0v) is 14.4. The summed E-state index contributed by atoms with van der Waals surface area (Å²) in [6.07, 6.45) is 4.01. The molecule has 1 heterocycles. The number of H-pyrrole nitrogens is 1. The summed E-state index contributed by atoms with van der Waals surface area (Å²) < 4.78 is 0. The number of fused-ring (bicyclic) bond motifs is 1. The number of carbonyl (C=O) groups excluding carboxylic acids is 1. The Hall–Kier alpha value is -1.97. The molecule has 1 aromatic heterocycles. The monoisotopic (exact) mass is 358 g/mol. The number of carbonyl (C=O) groups is 1. The molecule has 1 aliphatic rings. The van der Waals surface area contributed by atoms with E-state index in [9.17, 15) is 4.79 Å². The number of hydrogen-bond donors (Lipinski definition) is 1. The molecule has 3 nitrogen and oxygen atoms in total. The van der Waals surface area contributed by atoms with Crippen molar-refractivity contribution in [2.24, 2.45) is 0 Å². The normalized spacial score (nSPS) is 14.1. The molecule has 2 aromatic carbocycles. The Morgan fingerprint density at radius 2 is 1.96 bits per heavy atom. The second-order valence-corrected chi connectivity index (χ2v) is 7.03. The van der Waals surface area contributed by atoms with E-state index in [1.54, 1.807) is 18.2 Å². The first-order valence-corrected chi connectivity index (χ1v) is 8.69. The molecule has 0 unspecified atom stereocenters. The van der Waals surface area contributed by atoms with Crippen LogP contribution in [-0.4, -0.2) is 21.8 Å². The lowest BCUT2D eigenvalue weighted by Gasteiger charge is -2.23. The molecular weight excluding hydrogens is 343 g/mol. The third-order valence-electron chi connectivity index (χ3n) is 4.38. The maximum absolute atomic E-state index is 13.0. The largest absolute Gasteiger partial charge is 0.361 e. The number of nitrogens with zero attached hydrogens (tertiary/aromatic N) is 1. The SMILES string of the molecule is O=C(c1ccc(Cl)cc1Cl)N(Cc1ccc2[nH]ccc2c1)C1CC1. The van der Waals surface area contributed by atoms with E-state index in [4.69, 9.17) is 23.2 Å². The van der Waals surface area contributed by atoms with E-state index < -0.39 is 0 Å². The van der Waals surface area contributed by atoms with Gasteiger partial charge in [-0.2, -0.15) is 0 Å². The summed E-state index contributed by atoms with van der Waals surface area (Å²) in [6.45, 7) is 0.587. The van der Waals surface area contributed by atoms with Gasteiger partial charge in [0, 0.05) is 29.3 Å². The van der Waals surface area contributed by atoms with E-state index in [-0.39, 0.29) is 5.91 Å². The molecule has 0 aliphatic heterocycles. The Morgan fingerprint density at radius 3 is 2.71 bits per heavy atom. The summed E-state index contributed by atoms with van der Waals surface area (Å²) in [4.78, 5) is 18.1. The van der Waals surface area contributed by atoms with Gasteiger partial charge < -0.3 is 9.88 Å². The van der Waals surface area contributed by atoms with Crippen molar-refractivity contribution in [1.82, 2.24) is 9.88 Å². The minimum absolute atomic E-state index is 0.0340. The van der Waals surface area contributed by atoms with Gasteiger partial charge in [0.15, 0.2) is 0 Å². The highest BCUT2D eigenvalue weighted by molar-refractivity contribution is 6.36. The van der Waals surface area contributed by atoms with Crippen LogP contribution in [0.2, 0.25) is 10.0 Å². The van der Waals surface area contributed by atoms with Crippen LogP contribution >= 0.6 is 23.2 Å². The van der Waals surface area contributed by atoms with Crippen molar-refractivity contribution in [3.05, 3.63) is 69.8 Å². The van der Waals surface area contributed by atoms with Crippen LogP contribution in [0.4, 0.5) is 0 Å². The lowest BCUT2D eigenvalue weighted by Crippen LogP contribution is -2.32. The molecule has 1 saturated carbocycles. The predicted octanol–water partition coefficient (Wildman–Crippen LogP) is 5.28. The molecule has 1 fully saturated rings. The Balaban J connectivity index is 1.63. The Morgan fingerprint density at radius 1 is 1.12 bits per heavy atom. The van der Waals surface area contributed by atoms with Crippen molar-refractivity contribution in [3.63, 3.8) is 0 Å². The van der Waals surface area contributed by atoms with E-state index in [1.807, 2.05) is 17.2 Å². The molecule has 3 aromatic rings. The molecular formula is C19H16Cl2N2O. The van der Waals surface area contributed by atoms with Crippen molar-refractivity contribution < 1.29 is 4.79 Å². The molecule has 122 valence electrons. The number of hydrogen-bond acceptors (Lipinski definition) is 1. The zero-order chi connectivity index (χ0) is 16.7. The predicted molar refractivity (Wildman–Crippen MR) is 97.7 cm³/mol. The molecule has 0 spiro atoms. The van der Waals surface area contributed by atoms with Gasteiger partial charge in [-0.15, -0.1) is 0 Å². The highest BCUT2D eigenvalue weighted by atomic mass is 35.5. The first-order chi connectivity index (χ1) is 11.6. The van der Waals surface area contributed by atoms with E-state index in [0.29, 0.717) is 28.2 Å². The minimum Gasteiger partial charge on any atom is -0.361 e. The Bertz CT molecular complexity index is 915. The van der Waals surface area contributed by atoms with Crippen LogP contribution in [0.25, 0.3) is 10.9 Å². The smallest absolute Gasteiger partial charge is 0.255 e. The van der Waals surface area contributed by atoms with E-state index in [0.717, 1.165) is 29.3 Å². The molecule has 24 heavy (non-hydrogen) atoms. The van der Waals surface area contributed by atoms with Crippen LogP contribution in [0.1, 0.15) is 28.8 Å². The molecule has 0 bridgehead atoms. The zero-order valence-electron chi connectivity index (χ0n) is 12.9. The van der Waals surface area contributed by atoms with Gasteiger partial charge >= 0.3 is 0 Å². The lowest BCUT2D eigenvalue weighted by molar-refractivity contribution is 0.0730. The third-order valence-corrected chi connectivity index (χ3v) is 4.93. The standard InChI is InChI=1S/C19H16Cl2N2O/c20-14-2-5-16(17(21)10-14)19(24)23(15-3-4-15)11-12-1-6-18-13(9-12)7-8-22-18/h1-2,5-10,15,22H,3-4,11H2. The van der Waals surface area contributed by atoms with Crippen molar-refractivity contribution in [3.8, 4) is 0 Å². The van der Waals surface area contributed by atoms with Gasteiger partial charge in [-0.05, 0) is 60.2 Å². The summed E-state index contributed by atoms with van der Waals surface area (Å²) in [5.74, 6) is -0.0340. The second kappa shape index (κ2) is 6.15. The Kier molecular flexibility index (Phi) is 3.99. The number of aromatic nitrogens is 1. The fourth-order valence-electron chi connectivity index (χ4n) is 2.97. The summed E-state index contributed by atoms with van der Waals surface area (Å²) in [7, 11) is 0. The maximum atomic E-state index is 13.0. The average Bonchev–Trinajstić information content (AvgIpc) is 3.29. The average molecular weight is 359 g/mol. The molecule has 4 rings (SSSR count). The van der Waals surface area contributed by atoms with Gasteiger partial charge in [0.1, 0.15) is 0 Å². The van der Waals surface area contributed by atoms with E-state index in [1.165, 1.54) is 0 Å². The molecule has 0 saturated heterocycles. The van der Waals surface area contributed by atoms with Gasteiger partial charge in [0.2, 0.25) is 0 Å². The minimum atomic E-state index is -0.0340. The fraction of sp³-hybridized carbons (Fsp3) is 0.211. The molecule has 1 N–H and O–H groups in total.